The van der Waals surface area contributed by atoms with E-state index in [1.54, 1.807) is 13.0 Å². The molecule has 2 aromatic carbocycles. The predicted molar refractivity (Wildman–Crippen MR) is 108 cm³/mol. The van der Waals surface area contributed by atoms with E-state index in [1.807, 2.05) is 0 Å². The summed E-state index contributed by atoms with van der Waals surface area (Å²) in [5, 5.41) is 11.1. The van der Waals surface area contributed by atoms with Crippen molar-refractivity contribution in [3.63, 3.8) is 0 Å². The third kappa shape index (κ3) is 4.69. The standard InChI is InChI=1S/C17H15N5O6S2/c1-12-10-11-18-17(19-12)21-29(25,26)14-8-6-13(7-9-14)20-30(27,28)16-5-3-2-4-15(16)22(23)24/h2-11,20H,1H3,(H,18,19,21). The molecule has 0 radical (unpaired) electrons. The van der Waals surface area contributed by atoms with E-state index in [-0.39, 0.29) is 16.5 Å². The molecule has 3 rings (SSSR count). The zero-order chi connectivity index (χ0) is 21.9. The van der Waals surface area contributed by atoms with Gasteiger partial charge in [0.15, 0.2) is 4.90 Å². The quantitative estimate of drug-likeness (QED) is 0.410. The van der Waals surface area contributed by atoms with Crippen LogP contribution in [0.4, 0.5) is 17.3 Å². The summed E-state index contributed by atoms with van der Waals surface area (Å²) in [5.41, 5.74) is 0.0212. The number of nitro benzene ring substituents is 1. The number of sulfonamides is 2. The van der Waals surface area contributed by atoms with E-state index in [9.17, 15) is 26.9 Å². The topological polar surface area (TPSA) is 161 Å². The Bertz CT molecular complexity index is 1310. The van der Waals surface area contributed by atoms with Crippen LogP contribution in [0.1, 0.15) is 5.69 Å². The molecule has 0 aliphatic heterocycles. The van der Waals surface area contributed by atoms with Gasteiger partial charge in [-0.2, -0.15) is 0 Å². The number of anilines is 2. The highest BCUT2D eigenvalue weighted by atomic mass is 32.2. The van der Waals surface area contributed by atoms with Crippen molar-refractivity contribution in [2.75, 3.05) is 9.44 Å². The molecule has 0 saturated heterocycles. The molecular formula is C17H15N5O6S2. The van der Waals surface area contributed by atoms with Crippen molar-refractivity contribution in [3.8, 4) is 0 Å². The molecule has 0 aliphatic rings. The lowest BCUT2D eigenvalue weighted by Crippen LogP contribution is -2.16. The van der Waals surface area contributed by atoms with Crippen LogP contribution in [-0.4, -0.2) is 31.7 Å². The van der Waals surface area contributed by atoms with Crippen molar-refractivity contribution in [1.29, 1.82) is 0 Å². The van der Waals surface area contributed by atoms with E-state index < -0.39 is 35.6 Å². The maximum absolute atomic E-state index is 12.5. The number of hydrogen-bond acceptors (Lipinski definition) is 8. The number of rotatable bonds is 7. The molecular weight excluding hydrogens is 434 g/mol. The minimum absolute atomic E-state index is 0.0268. The van der Waals surface area contributed by atoms with Crippen molar-refractivity contribution >= 4 is 37.4 Å². The lowest BCUT2D eigenvalue weighted by molar-refractivity contribution is -0.387. The number of nitrogens with zero attached hydrogens (tertiary/aromatic N) is 3. The summed E-state index contributed by atoms with van der Waals surface area (Å²) in [5.74, 6) is -0.101. The Balaban J connectivity index is 1.83. The monoisotopic (exact) mass is 449 g/mol. The van der Waals surface area contributed by atoms with Crippen molar-refractivity contribution in [1.82, 2.24) is 9.97 Å². The SMILES string of the molecule is Cc1ccnc(NS(=O)(=O)c2ccc(NS(=O)(=O)c3ccccc3[N+](=O)[O-])cc2)n1. The van der Waals surface area contributed by atoms with Crippen LogP contribution >= 0.6 is 0 Å². The molecule has 2 N–H and O–H groups in total. The molecule has 0 saturated carbocycles. The molecule has 0 fully saturated rings. The third-order valence-corrected chi connectivity index (χ3v) is 6.56. The summed E-state index contributed by atoms with van der Waals surface area (Å²) in [7, 11) is -8.27. The number of aromatic nitrogens is 2. The Morgan fingerprint density at radius 3 is 2.20 bits per heavy atom. The smallest absolute Gasteiger partial charge is 0.279 e. The molecule has 30 heavy (non-hydrogen) atoms. The summed E-state index contributed by atoms with van der Waals surface area (Å²) in [4.78, 5) is 17.4. The first-order valence-corrected chi connectivity index (χ1v) is 11.2. The van der Waals surface area contributed by atoms with Crippen LogP contribution in [0.5, 0.6) is 0 Å². The Kier molecular flexibility index (Phi) is 5.67. The molecule has 1 aromatic heterocycles. The molecule has 13 heteroatoms. The van der Waals surface area contributed by atoms with Gasteiger partial charge in [0.1, 0.15) is 0 Å². The third-order valence-electron chi connectivity index (χ3n) is 3.79. The molecule has 0 amide bonds. The number of nitrogens with one attached hydrogen (secondary N) is 2. The average molecular weight is 449 g/mol. The lowest BCUT2D eigenvalue weighted by atomic mass is 10.3. The minimum Gasteiger partial charge on any atom is -0.279 e. The number of aryl methyl sites for hydroxylation is 1. The van der Waals surface area contributed by atoms with Crippen molar-refractivity contribution in [2.45, 2.75) is 16.7 Å². The Hall–Kier alpha value is -3.58. The van der Waals surface area contributed by atoms with Gasteiger partial charge < -0.3 is 0 Å². The van der Waals surface area contributed by atoms with Crippen LogP contribution in [0.2, 0.25) is 0 Å². The fraction of sp³-hybridized carbons (Fsp3) is 0.0588. The molecule has 3 aromatic rings. The minimum atomic E-state index is -4.27. The van der Waals surface area contributed by atoms with E-state index in [1.165, 1.54) is 42.6 Å². The van der Waals surface area contributed by atoms with Gasteiger partial charge in [0.2, 0.25) is 5.95 Å². The second kappa shape index (κ2) is 8.04. The van der Waals surface area contributed by atoms with Crippen LogP contribution in [0.25, 0.3) is 0 Å². The van der Waals surface area contributed by atoms with Gasteiger partial charge in [-0.05, 0) is 43.3 Å². The Labute approximate surface area is 172 Å². The largest absolute Gasteiger partial charge is 0.289 e. The van der Waals surface area contributed by atoms with Gasteiger partial charge in [-0.25, -0.2) is 31.5 Å². The first-order valence-electron chi connectivity index (χ1n) is 8.27. The molecule has 0 unspecified atom stereocenters. The zero-order valence-corrected chi connectivity index (χ0v) is 17.0. The van der Waals surface area contributed by atoms with Gasteiger partial charge in [0.05, 0.1) is 9.82 Å². The maximum Gasteiger partial charge on any atom is 0.289 e. The van der Waals surface area contributed by atoms with E-state index in [2.05, 4.69) is 19.4 Å². The van der Waals surface area contributed by atoms with Crippen LogP contribution in [-0.2, 0) is 20.0 Å². The highest BCUT2D eigenvalue weighted by molar-refractivity contribution is 7.93. The summed E-state index contributed by atoms with van der Waals surface area (Å²) in [6, 6.07) is 11.3. The number of benzene rings is 2. The normalized spacial score (nSPS) is 11.6. The van der Waals surface area contributed by atoms with Gasteiger partial charge in [-0.3, -0.25) is 14.8 Å². The first-order chi connectivity index (χ1) is 14.1. The summed E-state index contributed by atoms with van der Waals surface area (Å²) >= 11 is 0. The Morgan fingerprint density at radius 1 is 0.900 bits per heavy atom. The summed E-state index contributed by atoms with van der Waals surface area (Å²) in [6.45, 7) is 1.68. The van der Waals surface area contributed by atoms with Gasteiger partial charge in [-0.1, -0.05) is 12.1 Å². The molecule has 156 valence electrons. The highest BCUT2D eigenvalue weighted by Crippen LogP contribution is 2.26. The van der Waals surface area contributed by atoms with E-state index in [0.717, 1.165) is 12.1 Å². The summed E-state index contributed by atoms with van der Waals surface area (Å²) < 4.78 is 54.3. The van der Waals surface area contributed by atoms with Crippen LogP contribution in [0.3, 0.4) is 0 Å². The fourth-order valence-electron chi connectivity index (χ4n) is 2.42. The zero-order valence-electron chi connectivity index (χ0n) is 15.4. The van der Waals surface area contributed by atoms with Gasteiger partial charge in [0, 0.05) is 23.6 Å². The number of nitro groups is 1. The molecule has 1 heterocycles. The number of para-hydroxylation sites is 1. The van der Waals surface area contributed by atoms with E-state index >= 15 is 0 Å². The second-order valence-electron chi connectivity index (χ2n) is 5.98. The molecule has 0 spiro atoms. The van der Waals surface area contributed by atoms with Crippen molar-refractivity contribution in [3.05, 3.63) is 76.6 Å². The number of hydrogen-bond donors (Lipinski definition) is 2. The predicted octanol–water partition coefficient (Wildman–Crippen LogP) is 2.29. The van der Waals surface area contributed by atoms with Gasteiger partial charge in [-0.15, -0.1) is 0 Å². The highest BCUT2D eigenvalue weighted by Gasteiger charge is 2.25. The van der Waals surface area contributed by atoms with E-state index in [0.29, 0.717) is 5.69 Å². The van der Waals surface area contributed by atoms with Gasteiger partial charge >= 0.3 is 0 Å². The average Bonchev–Trinajstić information content (AvgIpc) is 2.68. The molecule has 11 nitrogen and oxygen atoms in total. The molecule has 0 bridgehead atoms. The van der Waals surface area contributed by atoms with Crippen molar-refractivity contribution < 1.29 is 21.8 Å². The molecule has 0 aliphatic carbocycles. The van der Waals surface area contributed by atoms with Crippen LogP contribution < -0.4 is 9.44 Å². The maximum atomic E-state index is 12.5. The molecule has 0 atom stereocenters. The van der Waals surface area contributed by atoms with Crippen LogP contribution in [0.15, 0.2) is 70.6 Å². The van der Waals surface area contributed by atoms with Crippen LogP contribution in [0, 0.1) is 17.0 Å². The van der Waals surface area contributed by atoms with E-state index in [4.69, 9.17) is 0 Å². The lowest BCUT2D eigenvalue weighted by Gasteiger charge is -2.10. The summed E-state index contributed by atoms with van der Waals surface area (Å²) in [6.07, 6.45) is 1.40. The first kappa shape index (κ1) is 21.1. The van der Waals surface area contributed by atoms with Crippen molar-refractivity contribution in [2.24, 2.45) is 0 Å². The fourth-order valence-corrected chi connectivity index (χ4v) is 4.61. The van der Waals surface area contributed by atoms with Gasteiger partial charge in [0.25, 0.3) is 25.7 Å². The second-order valence-corrected chi connectivity index (χ2v) is 9.32. The Morgan fingerprint density at radius 2 is 1.57 bits per heavy atom.